The number of aryl methyl sites for hydroxylation is 2. The van der Waals surface area contributed by atoms with Gasteiger partial charge in [0, 0.05) is 41.6 Å². The van der Waals surface area contributed by atoms with Gasteiger partial charge in [-0.1, -0.05) is 24.3 Å². The van der Waals surface area contributed by atoms with Crippen LogP contribution in [0.5, 0.6) is 0 Å². The van der Waals surface area contributed by atoms with Crippen molar-refractivity contribution in [1.82, 2.24) is 14.8 Å². The van der Waals surface area contributed by atoms with Gasteiger partial charge in [-0.25, -0.2) is 0 Å². The average Bonchev–Trinajstić information content (AvgIpc) is 2.71. The van der Waals surface area contributed by atoms with Crippen LogP contribution in [0, 0.1) is 13.8 Å². The number of aromatic nitrogens is 3. The maximum Gasteiger partial charge on any atom is 0.110 e. The first-order valence-electron chi connectivity index (χ1n) is 6.60. The van der Waals surface area contributed by atoms with Crippen molar-refractivity contribution in [2.24, 2.45) is 7.05 Å². The minimum Gasteiger partial charge on any atom is -0.383 e. The number of hydrogen-bond acceptors (Lipinski definition) is 3. The number of aliphatic hydroxyl groups excluding tert-OH is 1. The molecule has 0 saturated heterocycles. The van der Waals surface area contributed by atoms with Crippen molar-refractivity contribution in [1.29, 1.82) is 0 Å². The summed E-state index contributed by atoms with van der Waals surface area (Å²) >= 11 is 0. The van der Waals surface area contributed by atoms with E-state index in [2.05, 4.69) is 10.1 Å². The van der Waals surface area contributed by atoms with Crippen LogP contribution < -0.4 is 0 Å². The summed E-state index contributed by atoms with van der Waals surface area (Å²) in [5.74, 6) is 0. The second-order valence-corrected chi connectivity index (χ2v) is 5.06. The van der Waals surface area contributed by atoms with Crippen LogP contribution in [0.2, 0.25) is 0 Å². The SMILES string of the molecule is Cc1nn(C)c(C)c1C(O)c1cncc2ccccc12. The Bertz CT molecular complexity index is 771. The van der Waals surface area contributed by atoms with E-state index in [1.165, 1.54) is 0 Å². The van der Waals surface area contributed by atoms with Crippen LogP contribution in [0.1, 0.15) is 28.6 Å². The Hall–Kier alpha value is -2.20. The van der Waals surface area contributed by atoms with Gasteiger partial charge in [-0.2, -0.15) is 5.10 Å². The molecule has 0 spiro atoms. The van der Waals surface area contributed by atoms with Gasteiger partial charge in [-0.05, 0) is 19.2 Å². The summed E-state index contributed by atoms with van der Waals surface area (Å²) < 4.78 is 1.80. The highest BCUT2D eigenvalue weighted by atomic mass is 16.3. The second kappa shape index (κ2) is 4.72. The quantitative estimate of drug-likeness (QED) is 0.776. The third-order valence-electron chi connectivity index (χ3n) is 3.83. The number of nitrogens with zero attached hydrogens (tertiary/aromatic N) is 3. The van der Waals surface area contributed by atoms with E-state index in [9.17, 15) is 5.11 Å². The Morgan fingerprint density at radius 1 is 1.15 bits per heavy atom. The largest absolute Gasteiger partial charge is 0.383 e. The molecule has 4 nitrogen and oxygen atoms in total. The molecular formula is C16H17N3O. The monoisotopic (exact) mass is 267 g/mol. The molecule has 1 atom stereocenters. The van der Waals surface area contributed by atoms with Crippen LogP contribution in [-0.4, -0.2) is 19.9 Å². The standard InChI is InChI=1S/C16H17N3O/c1-10-15(11(2)19(3)18-10)16(20)14-9-17-8-12-6-4-5-7-13(12)14/h4-9,16,20H,1-3H3. The van der Waals surface area contributed by atoms with Crippen molar-refractivity contribution in [3.8, 4) is 0 Å². The summed E-state index contributed by atoms with van der Waals surface area (Å²) in [5.41, 5.74) is 3.52. The molecule has 3 rings (SSSR count). The molecule has 0 bridgehead atoms. The fraction of sp³-hybridized carbons (Fsp3) is 0.250. The third-order valence-corrected chi connectivity index (χ3v) is 3.83. The van der Waals surface area contributed by atoms with Crippen LogP contribution in [0.4, 0.5) is 0 Å². The highest BCUT2D eigenvalue weighted by Gasteiger charge is 2.21. The normalized spacial score (nSPS) is 12.8. The van der Waals surface area contributed by atoms with E-state index in [1.807, 2.05) is 51.4 Å². The number of fused-ring (bicyclic) bond motifs is 1. The lowest BCUT2D eigenvalue weighted by atomic mass is 9.97. The Kier molecular flexibility index (Phi) is 3.03. The molecule has 0 aliphatic carbocycles. The van der Waals surface area contributed by atoms with Crippen molar-refractivity contribution in [2.45, 2.75) is 20.0 Å². The average molecular weight is 267 g/mol. The minimum absolute atomic E-state index is 0.706. The van der Waals surface area contributed by atoms with Gasteiger partial charge in [-0.15, -0.1) is 0 Å². The smallest absolute Gasteiger partial charge is 0.110 e. The Balaban J connectivity index is 2.20. The summed E-state index contributed by atoms with van der Waals surface area (Å²) in [7, 11) is 1.89. The van der Waals surface area contributed by atoms with E-state index in [0.717, 1.165) is 33.3 Å². The van der Waals surface area contributed by atoms with Gasteiger partial charge in [0.25, 0.3) is 0 Å². The number of benzene rings is 1. The molecule has 1 aromatic carbocycles. The van der Waals surface area contributed by atoms with E-state index in [4.69, 9.17) is 0 Å². The first-order valence-corrected chi connectivity index (χ1v) is 6.60. The minimum atomic E-state index is -0.706. The molecule has 4 heteroatoms. The summed E-state index contributed by atoms with van der Waals surface area (Å²) in [4.78, 5) is 4.24. The highest BCUT2D eigenvalue weighted by Crippen LogP contribution is 2.31. The van der Waals surface area contributed by atoms with Gasteiger partial charge in [0.2, 0.25) is 0 Å². The predicted molar refractivity (Wildman–Crippen MR) is 78.5 cm³/mol. The van der Waals surface area contributed by atoms with Gasteiger partial charge < -0.3 is 5.11 Å². The number of aliphatic hydroxyl groups is 1. The molecule has 2 heterocycles. The summed E-state index contributed by atoms with van der Waals surface area (Å²) in [6.45, 7) is 3.89. The maximum atomic E-state index is 10.8. The zero-order valence-corrected chi connectivity index (χ0v) is 11.8. The molecule has 3 aromatic rings. The molecule has 2 aromatic heterocycles. The maximum absolute atomic E-state index is 10.8. The van der Waals surface area contributed by atoms with Crippen molar-refractivity contribution in [2.75, 3.05) is 0 Å². The molecule has 0 aliphatic rings. The van der Waals surface area contributed by atoms with Crippen LogP contribution in [0.3, 0.4) is 0 Å². The van der Waals surface area contributed by atoms with Gasteiger partial charge >= 0.3 is 0 Å². The molecule has 1 N–H and O–H groups in total. The fourth-order valence-corrected chi connectivity index (χ4v) is 2.70. The van der Waals surface area contributed by atoms with Crippen LogP contribution in [-0.2, 0) is 7.05 Å². The zero-order chi connectivity index (χ0) is 14.3. The van der Waals surface area contributed by atoms with Crippen molar-refractivity contribution >= 4 is 10.8 Å². The van der Waals surface area contributed by atoms with E-state index in [1.54, 1.807) is 10.9 Å². The molecule has 0 fully saturated rings. The first kappa shape index (κ1) is 12.8. The second-order valence-electron chi connectivity index (χ2n) is 5.06. The lowest BCUT2D eigenvalue weighted by Gasteiger charge is -2.14. The lowest BCUT2D eigenvalue weighted by molar-refractivity contribution is 0.220. The summed E-state index contributed by atoms with van der Waals surface area (Å²) in [6, 6.07) is 7.96. The summed E-state index contributed by atoms with van der Waals surface area (Å²) in [5, 5.41) is 17.2. The molecular weight excluding hydrogens is 250 g/mol. The molecule has 0 aliphatic heterocycles. The third kappa shape index (κ3) is 1.89. The predicted octanol–water partition coefficient (Wildman–Crippen LogP) is 2.67. The molecule has 0 radical (unpaired) electrons. The number of hydrogen-bond donors (Lipinski definition) is 1. The van der Waals surface area contributed by atoms with E-state index in [-0.39, 0.29) is 0 Å². The Morgan fingerprint density at radius 3 is 2.60 bits per heavy atom. The number of rotatable bonds is 2. The van der Waals surface area contributed by atoms with Crippen LogP contribution in [0.15, 0.2) is 36.7 Å². The Morgan fingerprint density at radius 2 is 1.90 bits per heavy atom. The van der Waals surface area contributed by atoms with E-state index in [0.29, 0.717) is 0 Å². The zero-order valence-electron chi connectivity index (χ0n) is 11.8. The van der Waals surface area contributed by atoms with Crippen molar-refractivity contribution in [3.05, 3.63) is 59.2 Å². The van der Waals surface area contributed by atoms with Crippen LogP contribution in [0.25, 0.3) is 10.8 Å². The highest BCUT2D eigenvalue weighted by molar-refractivity contribution is 5.85. The van der Waals surface area contributed by atoms with Crippen LogP contribution >= 0.6 is 0 Å². The van der Waals surface area contributed by atoms with Gasteiger partial charge in [0.1, 0.15) is 6.10 Å². The topological polar surface area (TPSA) is 50.9 Å². The lowest BCUT2D eigenvalue weighted by Crippen LogP contribution is -2.04. The molecule has 0 saturated carbocycles. The Labute approximate surface area is 117 Å². The first-order chi connectivity index (χ1) is 9.59. The van der Waals surface area contributed by atoms with E-state index >= 15 is 0 Å². The fourth-order valence-electron chi connectivity index (χ4n) is 2.70. The van der Waals surface area contributed by atoms with E-state index < -0.39 is 6.10 Å². The number of pyridine rings is 1. The van der Waals surface area contributed by atoms with Crippen molar-refractivity contribution in [3.63, 3.8) is 0 Å². The molecule has 20 heavy (non-hydrogen) atoms. The van der Waals surface area contributed by atoms with Gasteiger partial charge in [-0.3, -0.25) is 9.67 Å². The van der Waals surface area contributed by atoms with Crippen molar-refractivity contribution < 1.29 is 5.11 Å². The molecule has 0 amide bonds. The summed E-state index contributed by atoms with van der Waals surface area (Å²) in [6.07, 6.45) is 2.84. The molecule has 102 valence electrons. The van der Waals surface area contributed by atoms with Gasteiger partial charge in [0.15, 0.2) is 0 Å². The molecule has 1 unspecified atom stereocenters. The van der Waals surface area contributed by atoms with Gasteiger partial charge in [0.05, 0.1) is 5.69 Å².